The van der Waals surface area contributed by atoms with E-state index in [1.807, 2.05) is 38.1 Å². The minimum Gasteiger partial charge on any atom is -0.374 e. The summed E-state index contributed by atoms with van der Waals surface area (Å²) in [7, 11) is 0. The van der Waals surface area contributed by atoms with Crippen LogP contribution in [0.4, 0.5) is 5.69 Å². The summed E-state index contributed by atoms with van der Waals surface area (Å²) >= 11 is 2.23. The smallest absolute Gasteiger partial charge is 0.230 e. The Morgan fingerprint density at radius 2 is 1.89 bits per heavy atom. The van der Waals surface area contributed by atoms with Crippen molar-refractivity contribution >= 4 is 34.2 Å². The van der Waals surface area contributed by atoms with Gasteiger partial charge in [-0.2, -0.15) is 0 Å². The number of halogens is 1. The van der Waals surface area contributed by atoms with Gasteiger partial charge in [-0.3, -0.25) is 4.79 Å². The lowest BCUT2D eigenvalue weighted by Crippen LogP contribution is -2.32. The number of para-hydroxylation sites is 1. The van der Waals surface area contributed by atoms with Crippen molar-refractivity contribution in [3.05, 3.63) is 27.8 Å². The van der Waals surface area contributed by atoms with Gasteiger partial charge in [0.25, 0.3) is 0 Å². The van der Waals surface area contributed by atoms with E-state index < -0.39 is 0 Å². The van der Waals surface area contributed by atoms with Crippen LogP contribution in [0, 0.1) is 15.4 Å². The third-order valence-electron chi connectivity index (χ3n) is 3.68. The summed E-state index contributed by atoms with van der Waals surface area (Å²) < 4.78 is 6.76. The molecule has 98 valence electrons. The van der Waals surface area contributed by atoms with Gasteiger partial charge >= 0.3 is 0 Å². The summed E-state index contributed by atoms with van der Waals surface area (Å²) in [4.78, 5) is 12.3. The Morgan fingerprint density at radius 1 is 1.22 bits per heavy atom. The molecule has 4 atom stereocenters. The minimum atomic E-state index is -0.0731. The molecule has 0 aliphatic carbocycles. The lowest BCUT2D eigenvalue weighted by atomic mass is 9.89. The van der Waals surface area contributed by atoms with E-state index >= 15 is 0 Å². The molecule has 1 heterocycles. The molecule has 1 fully saturated rings. The van der Waals surface area contributed by atoms with E-state index in [9.17, 15) is 4.79 Å². The fourth-order valence-electron chi connectivity index (χ4n) is 2.50. The Morgan fingerprint density at radius 3 is 2.44 bits per heavy atom. The molecule has 0 radical (unpaired) electrons. The maximum Gasteiger partial charge on any atom is 0.230 e. The van der Waals surface area contributed by atoms with E-state index in [-0.39, 0.29) is 30.0 Å². The molecule has 1 aliphatic rings. The fourth-order valence-corrected chi connectivity index (χ4v) is 3.02. The minimum absolute atomic E-state index is 0.0172. The monoisotopic (exact) mass is 359 g/mol. The van der Waals surface area contributed by atoms with Gasteiger partial charge in [-0.15, -0.1) is 0 Å². The quantitative estimate of drug-likeness (QED) is 0.823. The Balaban J connectivity index is 2.11. The van der Waals surface area contributed by atoms with Crippen molar-refractivity contribution in [3.8, 4) is 0 Å². The number of ether oxygens (including phenoxy) is 1. The second kappa shape index (κ2) is 5.57. The number of nitrogens with one attached hydrogen (secondary N) is 1. The highest BCUT2D eigenvalue weighted by Crippen LogP contribution is 2.33. The molecular formula is C14H18INO2. The van der Waals surface area contributed by atoms with Crippen molar-refractivity contribution in [1.29, 1.82) is 0 Å². The maximum atomic E-state index is 12.3. The molecule has 0 spiro atoms. The first-order valence-electron chi connectivity index (χ1n) is 6.21. The number of rotatable bonds is 2. The fraction of sp³-hybridized carbons (Fsp3) is 0.500. The molecule has 1 N–H and O–H groups in total. The van der Waals surface area contributed by atoms with Gasteiger partial charge in [-0.1, -0.05) is 19.1 Å². The molecule has 1 aliphatic heterocycles. The molecule has 1 saturated heterocycles. The first-order chi connectivity index (χ1) is 8.50. The first-order valence-corrected chi connectivity index (χ1v) is 7.29. The van der Waals surface area contributed by atoms with Gasteiger partial charge < -0.3 is 10.1 Å². The summed E-state index contributed by atoms with van der Waals surface area (Å²) in [6, 6.07) is 7.80. The van der Waals surface area contributed by atoms with Crippen LogP contribution in [0.25, 0.3) is 0 Å². The Hall–Kier alpha value is -0.620. The summed E-state index contributed by atoms with van der Waals surface area (Å²) in [5.41, 5.74) is 0.877. The molecule has 1 aromatic carbocycles. The topological polar surface area (TPSA) is 38.3 Å². The number of carbonyl (C=O) groups excluding carboxylic acids is 1. The van der Waals surface area contributed by atoms with Gasteiger partial charge in [0, 0.05) is 3.57 Å². The molecule has 4 unspecified atom stereocenters. The van der Waals surface area contributed by atoms with E-state index in [1.54, 1.807) is 0 Å². The molecule has 1 aromatic rings. The van der Waals surface area contributed by atoms with Crippen LogP contribution in [0.15, 0.2) is 24.3 Å². The van der Waals surface area contributed by atoms with Gasteiger partial charge in [0.1, 0.15) is 0 Å². The van der Waals surface area contributed by atoms with Crippen molar-refractivity contribution < 1.29 is 9.53 Å². The Bertz CT molecular complexity index is 449. The van der Waals surface area contributed by atoms with E-state index in [0.29, 0.717) is 0 Å². The lowest BCUT2D eigenvalue weighted by molar-refractivity contribution is -0.121. The average molecular weight is 359 g/mol. The molecule has 0 bridgehead atoms. The Kier molecular flexibility index (Phi) is 4.27. The molecule has 18 heavy (non-hydrogen) atoms. The van der Waals surface area contributed by atoms with Gasteiger partial charge in [0.05, 0.1) is 23.8 Å². The van der Waals surface area contributed by atoms with E-state index in [0.717, 1.165) is 9.26 Å². The highest BCUT2D eigenvalue weighted by molar-refractivity contribution is 14.1. The SMILES string of the molecule is CC1OC(C)C(C(=O)Nc2ccccc2I)C1C. The first kappa shape index (κ1) is 13.8. The van der Waals surface area contributed by atoms with E-state index in [2.05, 4.69) is 34.8 Å². The van der Waals surface area contributed by atoms with E-state index in [1.165, 1.54) is 0 Å². The summed E-state index contributed by atoms with van der Waals surface area (Å²) in [5, 5.41) is 3.01. The maximum absolute atomic E-state index is 12.3. The number of hydrogen-bond acceptors (Lipinski definition) is 2. The number of anilines is 1. The van der Waals surface area contributed by atoms with Crippen LogP contribution in [0.3, 0.4) is 0 Å². The largest absolute Gasteiger partial charge is 0.374 e. The zero-order valence-corrected chi connectivity index (χ0v) is 13.0. The molecule has 3 nitrogen and oxygen atoms in total. The molecule has 2 rings (SSSR count). The van der Waals surface area contributed by atoms with Crippen molar-refractivity contribution in [2.24, 2.45) is 11.8 Å². The summed E-state index contributed by atoms with van der Waals surface area (Å²) in [6.45, 7) is 6.08. The van der Waals surface area contributed by atoms with Crippen molar-refractivity contribution in [3.63, 3.8) is 0 Å². The molecular weight excluding hydrogens is 341 g/mol. The number of amides is 1. The predicted molar refractivity (Wildman–Crippen MR) is 80.5 cm³/mol. The van der Waals surface area contributed by atoms with Crippen molar-refractivity contribution in [2.75, 3.05) is 5.32 Å². The van der Waals surface area contributed by atoms with Crippen LogP contribution >= 0.6 is 22.6 Å². The normalized spacial score (nSPS) is 31.3. The molecule has 0 aromatic heterocycles. The lowest BCUT2D eigenvalue weighted by Gasteiger charge is -2.18. The summed E-state index contributed by atoms with van der Waals surface area (Å²) in [5.74, 6) is 0.237. The predicted octanol–water partition coefficient (Wildman–Crippen LogP) is 3.29. The highest BCUT2D eigenvalue weighted by atomic mass is 127. The van der Waals surface area contributed by atoms with Crippen molar-refractivity contribution in [2.45, 2.75) is 33.0 Å². The van der Waals surface area contributed by atoms with Crippen LogP contribution in [0.5, 0.6) is 0 Å². The number of carbonyl (C=O) groups is 1. The van der Waals surface area contributed by atoms with E-state index in [4.69, 9.17) is 4.74 Å². The third-order valence-corrected chi connectivity index (χ3v) is 4.62. The van der Waals surface area contributed by atoms with Crippen LogP contribution in [0.1, 0.15) is 20.8 Å². The van der Waals surface area contributed by atoms with Gasteiger partial charge in [0.2, 0.25) is 5.91 Å². The van der Waals surface area contributed by atoms with Crippen LogP contribution < -0.4 is 5.32 Å². The standard InChI is InChI=1S/C14H18INO2/c1-8-9(2)18-10(3)13(8)14(17)16-12-7-5-4-6-11(12)15/h4-10,13H,1-3H3,(H,16,17). The van der Waals surface area contributed by atoms with Gasteiger partial charge in [-0.05, 0) is 54.5 Å². The summed E-state index contributed by atoms with van der Waals surface area (Å²) in [6.07, 6.45) is 0.127. The highest BCUT2D eigenvalue weighted by Gasteiger charge is 2.41. The molecule has 4 heteroatoms. The molecule has 1 amide bonds. The zero-order valence-electron chi connectivity index (χ0n) is 10.8. The Labute approximate surface area is 121 Å². The second-order valence-electron chi connectivity index (χ2n) is 4.90. The van der Waals surface area contributed by atoms with Gasteiger partial charge in [0.15, 0.2) is 0 Å². The number of benzene rings is 1. The van der Waals surface area contributed by atoms with Crippen molar-refractivity contribution in [1.82, 2.24) is 0 Å². The van der Waals surface area contributed by atoms with Crippen LogP contribution in [-0.2, 0) is 9.53 Å². The third kappa shape index (κ3) is 2.69. The molecule has 0 saturated carbocycles. The van der Waals surface area contributed by atoms with Crippen LogP contribution in [0.2, 0.25) is 0 Å². The average Bonchev–Trinajstić information content (AvgIpc) is 2.56. The van der Waals surface area contributed by atoms with Gasteiger partial charge in [-0.25, -0.2) is 0 Å². The number of hydrogen-bond donors (Lipinski definition) is 1. The van der Waals surface area contributed by atoms with Crippen LogP contribution in [-0.4, -0.2) is 18.1 Å². The zero-order chi connectivity index (χ0) is 13.3. The second-order valence-corrected chi connectivity index (χ2v) is 6.06.